The van der Waals surface area contributed by atoms with Crippen molar-refractivity contribution in [2.75, 3.05) is 0 Å². The zero-order valence-corrected chi connectivity index (χ0v) is 16.7. The Kier molecular flexibility index (Phi) is 3.64. The fourth-order valence-electron chi connectivity index (χ4n) is 3.87. The Hall–Kier alpha value is -3.46. The van der Waals surface area contributed by atoms with Gasteiger partial charge < -0.3 is 4.42 Å². The SMILES string of the molecule is [2H]C([2H])([2H])c1cccc(-c2ccc3c(c2)oc2c(-c4cc(C(C)C)ccn4)ccc(F)c23)c1. The number of hydrogen-bond donors (Lipinski definition) is 0. The second-order valence-electron chi connectivity index (χ2n) is 7.82. The van der Waals surface area contributed by atoms with E-state index in [0.29, 0.717) is 27.9 Å². The summed E-state index contributed by atoms with van der Waals surface area (Å²) in [6.07, 6.45) is 1.76. The summed E-state index contributed by atoms with van der Waals surface area (Å²) in [5, 5.41) is 1.09. The summed E-state index contributed by atoms with van der Waals surface area (Å²) in [5.41, 5.74) is 5.43. The van der Waals surface area contributed by atoms with E-state index in [9.17, 15) is 4.39 Å². The number of nitrogens with zero attached hydrogens (tertiary/aromatic N) is 1. The molecule has 3 aromatic carbocycles. The smallest absolute Gasteiger partial charge is 0.147 e. The Morgan fingerprint density at radius 3 is 2.67 bits per heavy atom. The first-order valence-corrected chi connectivity index (χ1v) is 9.94. The molecule has 0 N–H and O–H groups in total. The highest BCUT2D eigenvalue weighted by atomic mass is 19.1. The lowest BCUT2D eigenvalue weighted by Gasteiger charge is -2.08. The third kappa shape index (κ3) is 3.07. The van der Waals surface area contributed by atoms with Crippen molar-refractivity contribution in [1.29, 1.82) is 0 Å². The number of fused-ring (bicyclic) bond motifs is 3. The van der Waals surface area contributed by atoms with E-state index in [-0.39, 0.29) is 11.4 Å². The average molecular weight is 398 g/mol. The highest BCUT2D eigenvalue weighted by molar-refractivity contribution is 6.10. The number of halogens is 1. The van der Waals surface area contributed by atoms with Crippen molar-refractivity contribution >= 4 is 21.9 Å². The van der Waals surface area contributed by atoms with Crippen molar-refractivity contribution in [3.05, 3.63) is 89.9 Å². The summed E-state index contributed by atoms with van der Waals surface area (Å²) in [4.78, 5) is 4.50. The van der Waals surface area contributed by atoms with Gasteiger partial charge in [-0.3, -0.25) is 4.98 Å². The zero-order chi connectivity index (χ0) is 23.3. The first-order valence-electron chi connectivity index (χ1n) is 11.4. The van der Waals surface area contributed by atoms with E-state index in [2.05, 4.69) is 18.8 Å². The van der Waals surface area contributed by atoms with Gasteiger partial charge in [0.2, 0.25) is 0 Å². The van der Waals surface area contributed by atoms with Crippen LogP contribution in [0.2, 0.25) is 0 Å². The maximum Gasteiger partial charge on any atom is 0.147 e. The lowest BCUT2D eigenvalue weighted by atomic mass is 9.99. The normalized spacial score (nSPS) is 13.5. The first kappa shape index (κ1) is 15.4. The molecule has 0 unspecified atom stereocenters. The predicted octanol–water partition coefficient (Wildman–Crippen LogP) is 7.89. The van der Waals surface area contributed by atoms with Crippen molar-refractivity contribution in [2.45, 2.75) is 26.6 Å². The van der Waals surface area contributed by atoms with Crippen molar-refractivity contribution in [3.8, 4) is 22.4 Å². The van der Waals surface area contributed by atoms with Crippen molar-refractivity contribution < 1.29 is 12.9 Å². The molecule has 2 nitrogen and oxygen atoms in total. The summed E-state index contributed by atoms with van der Waals surface area (Å²) < 4.78 is 44.1. The lowest BCUT2D eigenvalue weighted by molar-refractivity contribution is 0.634. The van der Waals surface area contributed by atoms with Crippen LogP contribution in [0, 0.1) is 12.7 Å². The minimum atomic E-state index is -2.19. The van der Waals surface area contributed by atoms with Gasteiger partial charge in [-0.25, -0.2) is 4.39 Å². The molecule has 0 bridgehead atoms. The molecule has 0 spiro atoms. The minimum Gasteiger partial charge on any atom is -0.455 e. The van der Waals surface area contributed by atoms with E-state index in [0.717, 1.165) is 27.9 Å². The van der Waals surface area contributed by atoms with Gasteiger partial charge >= 0.3 is 0 Å². The second kappa shape index (κ2) is 7.10. The fourth-order valence-corrected chi connectivity index (χ4v) is 3.87. The summed E-state index contributed by atoms with van der Waals surface area (Å²) >= 11 is 0. The Morgan fingerprint density at radius 1 is 0.967 bits per heavy atom. The second-order valence-corrected chi connectivity index (χ2v) is 7.82. The standard InChI is InChI=1S/C27H22FNO/c1-16(2)18-11-12-29-24(14-18)21-9-10-23(28)26-22-8-7-20(15-25(22)30-27(21)26)19-6-4-5-17(3)13-19/h4-16H,1-3H3/i3D3. The van der Waals surface area contributed by atoms with Crippen LogP contribution in [-0.2, 0) is 0 Å². The molecule has 0 fully saturated rings. The lowest BCUT2D eigenvalue weighted by Crippen LogP contribution is -1.91. The summed E-state index contributed by atoms with van der Waals surface area (Å²) in [6, 6.07) is 19.5. The largest absolute Gasteiger partial charge is 0.455 e. The highest BCUT2D eigenvalue weighted by Crippen LogP contribution is 2.38. The molecular formula is C27H22FNO. The van der Waals surface area contributed by atoms with E-state index in [1.165, 1.54) is 6.07 Å². The van der Waals surface area contributed by atoms with E-state index in [4.69, 9.17) is 8.53 Å². The highest BCUT2D eigenvalue weighted by Gasteiger charge is 2.18. The van der Waals surface area contributed by atoms with E-state index < -0.39 is 6.85 Å². The molecule has 2 aromatic heterocycles. The molecule has 0 amide bonds. The maximum absolute atomic E-state index is 14.9. The molecule has 3 heteroatoms. The van der Waals surface area contributed by atoms with Crippen molar-refractivity contribution in [3.63, 3.8) is 0 Å². The maximum atomic E-state index is 14.9. The van der Waals surface area contributed by atoms with Crippen LogP contribution in [0.25, 0.3) is 44.3 Å². The molecule has 0 atom stereocenters. The van der Waals surface area contributed by atoms with Gasteiger partial charge in [0.1, 0.15) is 17.0 Å². The quantitative estimate of drug-likeness (QED) is 0.309. The van der Waals surface area contributed by atoms with E-state index in [1.54, 1.807) is 30.5 Å². The number of aryl methyl sites for hydroxylation is 1. The summed E-state index contributed by atoms with van der Waals surface area (Å²) in [5.74, 6) is -0.0174. The predicted molar refractivity (Wildman–Crippen MR) is 121 cm³/mol. The van der Waals surface area contributed by atoms with E-state index >= 15 is 0 Å². The van der Waals surface area contributed by atoms with Crippen LogP contribution in [0.4, 0.5) is 4.39 Å². The molecule has 0 saturated carbocycles. The van der Waals surface area contributed by atoms with Gasteiger partial charge in [0.25, 0.3) is 0 Å². The van der Waals surface area contributed by atoms with Crippen LogP contribution in [0.15, 0.2) is 77.3 Å². The van der Waals surface area contributed by atoms with Crippen LogP contribution in [-0.4, -0.2) is 4.98 Å². The molecule has 5 aromatic rings. The van der Waals surface area contributed by atoms with Gasteiger partial charge in [-0.15, -0.1) is 0 Å². The number of benzene rings is 3. The van der Waals surface area contributed by atoms with Gasteiger partial charge in [0.05, 0.1) is 11.1 Å². The molecule has 30 heavy (non-hydrogen) atoms. The minimum absolute atomic E-state index is 0.272. The van der Waals surface area contributed by atoms with Crippen molar-refractivity contribution in [1.82, 2.24) is 4.98 Å². The Morgan fingerprint density at radius 2 is 1.83 bits per heavy atom. The monoisotopic (exact) mass is 398 g/mol. The first-order chi connectivity index (χ1) is 15.7. The molecule has 148 valence electrons. The fraction of sp³-hybridized carbons (Fsp3) is 0.148. The van der Waals surface area contributed by atoms with Crippen LogP contribution in [0.3, 0.4) is 0 Å². The summed E-state index contributed by atoms with van der Waals surface area (Å²) in [7, 11) is 0. The molecule has 0 aliphatic carbocycles. The molecule has 0 radical (unpaired) electrons. The van der Waals surface area contributed by atoms with E-state index in [1.807, 2.05) is 36.4 Å². The van der Waals surface area contributed by atoms with Crippen LogP contribution in [0.1, 0.15) is 35.0 Å². The number of hydrogen-bond acceptors (Lipinski definition) is 2. The van der Waals surface area contributed by atoms with Crippen molar-refractivity contribution in [2.24, 2.45) is 0 Å². The topological polar surface area (TPSA) is 26.0 Å². The Bertz CT molecular complexity index is 1500. The third-order valence-corrected chi connectivity index (χ3v) is 5.49. The van der Waals surface area contributed by atoms with Gasteiger partial charge in [-0.2, -0.15) is 0 Å². The molecule has 0 aliphatic heterocycles. The number of pyridine rings is 1. The number of furan rings is 1. The van der Waals surface area contributed by atoms with Gasteiger partial charge in [0.15, 0.2) is 0 Å². The Balaban J connectivity index is 1.69. The zero-order valence-electron chi connectivity index (χ0n) is 19.7. The summed E-state index contributed by atoms with van der Waals surface area (Å²) in [6.45, 7) is 2.04. The third-order valence-electron chi connectivity index (χ3n) is 5.49. The Labute approximate surface area is 179 Å². The van der Waals surface area contributed by atoms with Crippen LogP contribution >= 0.6 is 0 Å². The number of aromatic nitrogens is 1. The molecule has 2 heterocycles. The molecular weight excluding hydrogens is 373 g/mol. The molecule has 0 aliphatic rings. The molecule has 0 saturated heterocycles. The van der Waals surface area contributed by atoms with Crippen LogP contribution < -0.4 is 0 Å². The average Bonchev–Trinajstić information content (AvgIpc) is 3.18. The van der Waals surface area contributed by atoms with Gasteiger partial charge in [-0.1, -0.05) is 49.7 Å². The number of rotatable bonds is 3. The molecule has 5 rings (SSSR count). The van der Waals surface area contributed by atoms with Crippen LogP contribution in [0.5, 0.6) is 0 Å². The van der Waals surface area contributed by atoms with Gasteiger partial charge in [-0.05, 0) is 65.9 Å². The van der Waals surface area contributed by atoms with Gasteiger partial charge in [0, 0.05) is 21.3 Å².